The lowest BCUT2D eigenvalue weighted by atomic mass is 10.2. The summed E-state index contributed by atoms with van der Waals surface area (Å²) < 4.78 is 26.4. The van der Waals surface area contributed by atoms with Gasteiger partial charge >= 0.3 is 0 Å². The van der Waals surface area contributed by atoms with E-state index < -0.39 is 10.0 Å². The lowest BCUT2D eigenvalue weighted by Gasteiger charge is -2.25. The molecule has 170 valence electrons. The van der Waals surface area contributed by atoms with Crippen molar-refractivity contribution in [1.29, 1.82) is 0 Å². The molecule has 0 spiro atoms. The van der Waals surface area contributed by atoms with Crippen LogP contribution < -0.4 is 16.0 Å². The Labute approximate surface area is 185 Å². The summed E-state index contributed by atoms with van der Waals surface area (Å²) in [5.74, 6) is -1.04. The number of sulfonamides is 1. The number of hydrogen-bond donors (Lipinski definition) is 4. The highest BCUT2D eigenvalue weighted by Gasteiger charge is 2.29. The van der Waals surface area contributed by atoms with Crippen LogP contribution in [0.25, 0.3) is 0 Å². The number of nitrogens with zero attached hydrogens (tertiary/aromatic N) is 1. The molecule has 1 aliphatic rings. The minimum atomic E-state index is -3.81. The third-order valence-electron chi connectivity index (χ3n) is 4.79. The zero-order chi connectivity index (χ0) is 23.1. The molecule has 3 amide bonds. The monoisotopic (exact) mass is 460 g/mol. The van der Waals surface area contributed by atoms with E-state index >= 15 is 0 Å². The van der Waals surface area contributed by atoms with Gasteiger partial charge in [0.05, 0.1) is 11.4 Å². The largest absolute Gasteiger partial charge is 0.508 e. The molecule has 1 saturated heterocycles. The Balaban J connectivity index is 1.45. The van der Waals surface area contributed by atoms with E-state index in [1.807, 2.05) is 0 Å². The minimum absolute atomic E-state index is 0.00478. The molecule has 2 aromatic carbocycles. The Hall–Kier alpha value is -3.44. The van der Waals surface area contributed by atoms with Crippen LogP contribution in [0.5, 0.6) is 5.75 Å². The standard InChI is InChI=1S/C21H24N4O6S/c26-17-4-1-3-16(13-17)21(29)24-10-2-9-23-20(28)15-5-7-18(8-6-15)32(30,31)25-12-11-22-19(27)14-25/h1,3-8,13,26H,2,9-12,14H2,(H,22,27)(H,23,28)(H,24,29). The van der Waals surface area contributed by atoms with Crippen molar-refractivity contribution in [2.75, 3.05) is 32.7 Å². The average Bonchev–Trinajstić information content (AvgIpc) is 2.78. The highest BCUT2D eigenvalue weighted by atomic mass is 32.2. The zero-order valence-electron chi connectivity index (χ0n) is 17.2. The number of piperazine rings is 1. The lowest BCUT2D eigenvalue weighted by molar-refractivity contribution is -0.122. The molecule has 10 nitrogen and oxygen atoms in total. The van der Waals surface area contributed by atoms with Crippen molar-refractivity contribution in [3.05, 3.63) is 59.7 Å². The van der Waals surface area contributed by atoms with Crippen LogP contribution in [-0.4, -0.2) is 68.3 Å². The van der Waals surface area contributed by atoms with Crippen molar-refractivity contribution in [1.82, 2.24) is 20.3 Å². The molecule has 0 radical (unpaired) electrons. The molecule has 4 N–H and O–H groups in total. The van der Waals surface area contributed by atoms with Crippen LogP contribution in [0, 0.1) is 0 Å². The molecule has 1 heterocycles. The molecule has 3 rings (SSSR count). The third kappa shape index (κ3) is 5.83. The van der Waals surface area contributed by atoms with Gasteiger partial charge in [-0.1, -0.05) is 6.07 Å². The van der Waals surface area contributed by atoms with Crippen LogP contribution in [0.4, 0.5) is 0 Å². The van der Waals surface area contributed by atoms with E-state index in [1.54, 1.807) is 12.1 Å². The fourth-order valence-electron chi connectivity index (χ4n) is 3.09. The normalized spacial score (nSPS) is 14.4. The van der Waals surface area contributed by atoms with Crippen molar-refractivity contribution < 1.29 is 27.9 Å². The average molecular weight is 461 g/mol. The van der Waals surface area contributed by atoms with Crippen molar-refractivity contribution in [3.8, 4) is 5.75 Å². The van der Waals surface area contributed by atoms with E-state index in [9.17, 15) is 27.9 Å². The van der Waals surface area contributed by atoms with Gasteiger partial charge in [-0.15, -0.1) is 0 Å². The van der Waals surface area contributed by atoms with Gasteiger partial charge in [-0.25, -0.2) is 8.42 Å². The SMILES string of the molecule is O=C1CN(S(=O)(=O)c2ccc(C(=O)NCCCNC(=O)c3cccc(O)c3)cc2)CCN1. The van der Waals surface area contributed by atoms with E-state index in [4.69, 9.17) is 0 Å². The topological polar surface area (TPSA) is 145 Å². The maximum absolute atomic E-state index is 12.6. The molecule has 1 fully saturated rings. The van der Waals surface area contributed by atoms with Gasteiger partial charge in [0.1, 0.15) is 5.75 Å². The molecule has 1 aliphatic heterocycles. The minimum Gasteiger partial charge on any atom is -0.508 e. The van der Waals surface area contributed by atoms with Crippen LogP contribution in [0.2, 0.25) is 0 Å². The first-order chi connectivity index (χ1) is 15.3. The first kappa shape index (κ1) is 23.2. The van der Waals surface area contributed by atoms with E-state index in [2.05, 4.69) is 16.0 Å². The third-order valence-corrected chi connectivity index (χ3v) is 6.65. The molecule has 0 unspecified atom stereocenters. The van der Waals surface area contributed by atoms with Crippen molar-refractivity contribution in [3.63, 3.8) is 0 Å². The van der Waals surface area contributed by atoms with Crippen LogP contribution in [0.1, 0.15) is 27.1 Å². The van der Waals surface area contributed by atoms with Gasteiger partial charge in [0, 0.05) is 37.3 Å². The summed E-state index contributed by atoms with van der Waals surface area (Å²) in [6.07, 6.45) is 0.486. The summed E-state index contributed by atoms with van der Waals surface area (Å²) in [4.78, 5) is 35.7. The molecule has 0 aliphatic carbocycles. The van der Waals surface area contributed by atoms with Gasteiger partial charge in [-0.2, -0.15) is 4.31 Å². The van der Waals surface area contributed by atoms with Crippen LogP contribution in [-0.2, 0) is 14.8 Å². The number of hydrogen-bond acceptors (Lipinski definition) is 6. The number of carbonyl (C=O) groups excluding carboxylic acids is 3. The lowest BCUT2D eigenvalue weighted by Crippen LogP contribution is -2.49. The van der Waals surface area contributed by atoms with E-state index in [1.165, 1.54) is 36.4 Å². The quantitative estimate of drug-likeness (QED) is 0.410. The number of phenolic OH excluding ortho intramolecular Hbond substituents is 1. The number of nitrogens with one attached hydrogen (secondary N) is 3. The smallest absolute Gasteiger partial charge is 0.251 e. The summed E-state index contributed by atoms with van der Waals surface area (Å²) in [6, 6.07) is 11.5. The molecular formula is C21H24N4O6S. The van der Waals surface area contributed by atoms with Gasteiger partial charge < -0.3 is 21.1 Å². The first-order valence-corrected chi connectivity index (χ1v) is 11.4. The van der Waals surface area contributed by atoms with Gasteiger partial charge in [-0.05, 0) is 48.9 Å². The van der Waals surface area contributed by atoms with Crippen molar-refractivity contribution in [2.45, 2.75) is 11.3 Å². The molecule has 0 aromatic heterocycles. The van der Waals surface area contributed by atoms with E-state index in [-0.39, 0.29) is 48.0 Å². The second kappa shape index (κ2) is 10.2. The molecule has 0 saturated carbocycles. The number of carbonyl (C=O) groups is 3. The number of phenols is 1. The molecule has 0 bridgehead atoms. The van der Waals surface area contributed by atoms with Crippen molar-refractivity contribution in [2.24, 2.45) is 0 Å². The molecule has 32 heavy (non-hydrogen) atoms. The maximum Gasteiger partial charge on any atom is 0.251 e. The summed E-state index contributed by atoms with van der Waals surface area (Å²) in [5.41, 5.74) is 0.637. The van der Waals surface area contributed by atoms with Crippen LogP contribution in [0.15, 0.2) is 53.4 Å². The summed E-state index contributed by atoms with van der Waals surface area (Å²) in [5, 5.41) is 17.4. The number of amides is 3. The van der Waals surface area contributed by atoms with Crippen molar-refractivity contribution >= 4 is 27.7 Å². The van der Waals surface area contributed by atoms with E-state index in [0.29, 0.717) is 30.6 Å². The van der Waals surface area contributed by atoms with Gasteiger partial charge in [0.15, 0.2) is 0 Å². The highest BCUT2D eigenvalue weighted by Crippen LogP contribution is 2.17. The predicted molar refractivity (Wildman–Crippen MR) is 116 cm³/mol. The maximum atomic E-state index is 12.6. The highest BCUT2D eigenvalue weighted by molar-refractivity contribution is 7.89. The van der Waals surface area contributed by atoms with Crippen LogP contribution >= 0.6 is 0 Å². The summed E-state index contributed by atoms with van der Waals surface area (Å²) in [7, 11) is -3.81. The molecule has 2 aromatic rings. The Morgan fingerprint density at radius 2 is 1.66 bits per heavy atom. The Bertz CT molecular complexity index is 1100. The zero-order valence-corrected chi connectivity index (χ0v) is 18.0. The Morgan fingerprint density at radius 3 is 2.28 bits per heavy atom. The van der Waals surface area contributed by atoms with Gasteiger partial charge in [-0.3, -0.25) is 14.4 Å². The second-order valence-corrected chi connectivity index (χ2v) is 9.07. The number of aromatic hydroxyl groups is 1. The molecule has 11 heteroatoms. The second-order valence-electron chi connectivity index (χ2n) is 7.13. The Morgan fingerprint density at radius 1 is 1.00 bits per heavy atom. The van der Waals surface area contributed by atoms with Gasteiger partial charge in [0.25, 0.3) is 11.8 Å². The fraction of sp³-hybridized carbons (Fsp3) is 0.286. The van der Waals surface area contributed by atoms with Gasteiger partial charge in [0.2, 0.25) is 15.9 Å². The van der Waals surface area contributed by atoms with E-state index in [0.717, 1.165) is 4.31 Å². The summed E-state index contributed by atoms with van der Waals surface area (Å²) in [6.45, 7) is 0.856. The van der Waals surface area contributed by atoms with Crippen LogP contribution in [0.3, 0.4) is 0 Å². The summed E-state index contributed by atoms with van der Waals surface area (Å²) >= 11 is 0. The fourth-order valence-corrected chi connectivity index (χ4v) is 4.49. The molecule has 0 atom stereocenters. The predicted octanol–water partition coefficient (Wildman–Crippen LogP) is 0.0626. The number of rotatable bonds is 8. The number of benzene rings is 2. The Kier molecular flexibility index (Phi) is 7.44. The molecular weight excluding hydrogens is 436 g/mol. The first-order valence-electron chi connectivity index (χ1n) is 10.00.